The SMILES string of the molecule is Cc1cc(-c2cnn(C)c2)cc([C@H]2CCCN(C(=O)c3cccc4ncccc34)C2)n1. The van der Waals surface area contributed by atoms with E-state index >= 15 is 0 Å². The fourth-order valence-corrected chi connectivity index (χ4v) is 4.50. The van der Waals surface area contributed by atoms with E-state index in [4.69, 9.17) is 4.98 Å². The summed E-state index contributed by atoms with van der Waals surface area (Å²) in [6.45, 7) is 3.48. The maximum absolute atomic E-state index is 13.4. The molecule has 6 heteroatoms. The van der Waals surface area contributed by atoms with Crippen LogP contribution < -0.4 is 0 Å². The first kappa shape index (κ1) is 19.4. The van der Waals surface area contributed by atoms with Crippen LogP contribution in [-0.4, -0.2) is 43.6 Å². The third-order valence-electron chi connectivity index (χ3n) is 6.01. The van der Waals surface area contributed by atoms with Gasteiger partial charge in [-0.05, 0) is 55.7 Å². The second-order valence-electron chi connectivity index (χ2n) is 8.29. The number of pyridine rings is 2. The van der Waals surface area contributed by atoms with E-state index in [9.17, 15) is 4.79 Å². The highest BCUT2D eigenvalue weighted by molar-refractivity contribution is 6.06. The van der Waals surface area contributed by atoms with Crippen LogP contribution in [0.15, 0.2) is 61.1 Å². The third kappa shape index (κ3) is 3.81. The molecule has 0 bridgehead atoms. The molecule has 1 fully saturated rings. The highest BCUT2D eigenvalue weighted by atomic mass is 16.2. The number of rotatable bonds is 3. The molecule has 4 heterocycles. The molecule has 0 unspecified atom stereocenters. The maximum atomic E-state index is 13.4. The van der Waals surface area contributed by atoms with Crippen molar-refractivity contribution in [1.29, 1.82) is 0 Å². The number of hydrogen-bond acceptors (Lipinski definition) is 4. The van der Waals surface area contributed by atoms with Crippen molar-refractivity contribution in [2.45, 2.75) is 25.7 Å². The Balaban J connectivity index is 1.43. The van der Waals surface area contributed by atoms with Crippen molar-refractivity contribution in [3.63, 3.8) is 0 Å². The number of hydrogen-bond donors (Lipinski definition) is 0. The summed E-state index contributed by atoms with van der Waals surface area (Å²) in [5.41, 5.74) is 5.82. The van der Waals surface area contributed by atoms with E-state index in [0.717, 1.165) is 58.4 Å². The number of nitrogens with zero attached hydrogens (tertiary/aromatic N) is 5. The van der Waals surface area contributed by atoms with Gasteiger partial charge < -0.3 is 4.90 Å². The molecule has 0 N–H and O–H groups in total. The van der Waals surface area contributed by atoms with Crippen LogP contribution in [0.2, 0.25) is 0 Å². The molecule has 0 aliphatic carbocycles. The lowest BCUT2D eigenvalue weighted by atomic mass is 9.92. The van der Waals surface area contributed by atoms with Crippen molar-refractivity contribution in [2.75, 3.05) is 13.1 Å². The zero-order chi connectivity index (χ0) is 21.4. The van der Waals surface area contributed by atoms with Gasteiger partial charge in [0, 0.05) is 66.3 Å². The normalized spacial score (nSPS) is 16.6. The number of aryl methyl sites for hydroxylation is 2. The second kappa shape index (κ2) is 7.95. The summed E-state index contributed by atoms with van der Waals surface area (Å²) in [4.78, 5) is 24.6. The van der Waals surface area contributed by atoms with Gasteiger partial charge in [-0.3, -0.25) is 19.4 Å². The molecular formula is C25H25N5O. The van der Waals surface area contributed by atoms with Crippen LogP contribution in [-0.2, 0) is 7.05 Å². The predicted molar refractivity (Wildman–Crippen MR) is 121 cm³/mol. The topological polar surface area (TPSA) is 63.9 Å². The first-order chi connectivity index (χ1) is 15.1. The Labute approximate surface area is 181 Å². The highest BCUT2D eigenvalue weighted by Gasteiger charge is 2.27. The lowest BCUT2D eigenvalue weighted by Gasteiger charge is -2.33. The molecule has 1 atom stereocenters. The van der Waals surface area contributed by atoms with Gasteiger partial charge in [0.25, 0.3) is 5.91 Å². The Morgan fingerprint density at radius 1 is 1.13 bits per heavy atom. The van der Waals surface area contributed by atoms with Crippen LogP contribution in [0.25, 0.3) is 22.0 Å². The third-order valence-corrected chi connectivity index (χ3v) is 6.01. The summed E-state index contributed by atoms with van der Waals surface area (Å²) in [6, 6.07) is 13.9. The van der Waals surface area contributed by atoms with E-state index in [0.29, 0.717) is 6.54 Å². The number of fused-ring (bicyclic) bond motifs is 1. The van der Waals surface area contributed by atoms with E-state index in [2.05, 4.69) is 22.2 Å². The molecule has 1 aliphatic heterocycles. The molecule has 1 aliphatic rings. The van der Waals surface area contributed by atoms with Gasteiger partial charge >= 0.3 is 0 Å². The van der Waals surface area contributed by atoms with Crippen molar-refractivity contribution < 1.29 is 4.79 Å². The van der Waals surface area contributed by atoms with Crippen molar-refractivity contribution >= 4 is 16.8 Å². The Bertz CT molecular complexity index is 1260. The van der Waals surface area contributed by atoms with Crippen molar-refractivity contribution in [2.24, 2.45) is 7.05 Å². The van der Waals surface area contributed by atoms with E-state index < -0.39 is 0 Å². The number of piperidine rings is 1. The Kier molecular flexibility index (Phi) is 4.98. The van der Waals surface area contributed by atoms with Crippen LogP contribution in [0.1, 0.15) is 40.5 Å². The van der Waals surface area contributed by atoms with Gasteiger partial charge in [-0.1, -0.05) is 12.1 Å². The van der Waals surface area contributed by atoms with Gasteiger partial charge in [-0.2, -0.15) is 5.10 Å². The molecule has 4 aromatic rings. The van der Waals surface area contributed by atoms with Crippen LogP contribution in [0.3, 0.4) is 0 Å². The van der Waals surface area contributed by atoms with Gasteiger partial charge in [0.15, 0.2) is 0 Å². The van der Waals surface area contributed by atoms with E-state index in [1.165, 1.54) is 0 Å². The molecule has 6 nitrogen and oxygen atoms in total. The fraction of sp³-hybridized carbons (Fsp3) is 0.280. The van der Waals surface area contributed by atoms with E-state index in [-0.39, 0.29) is 11.8 Å². The average molecular weight is 412 g/mol. The summed E-state index contributed by atoms with van der Waals surface area (Å²) in [5.74, 6) is 0.296. The molecule has 5 rings (SSSR count). The van der Waals surface area contributed by atoms with Crippen molar-refractivity contribution in [3.8, 4) is 11.1 Å². The Hall–Kier alpha value is -3.54. The highest BCUT2D eigenvalue weighted by Crippen LogP contribution is 2.30. The fourth-order valence-electron chi connectivity index (χ4n) is 4.50. The maximum Gasteiger partial charge on any atom is 0.254 e. The summed E-state index contributed by atoms with van der Waals surface area (Å²) >= 11 is 0. The molecule has 156 valence electrons. The smallest absolute Gasteiger partial charge is 0.254 e. The number of likely N-dealkylation sites (tertiary alicyclic amines) is 1. The number of carbonyl (C=O) groups excluding carboxylic acids is 1. The number of aromatic nitrogens is 4. The molecule has 0 spiro atoms. The average Bonchev–Trinajstić information content (AvgIpc) is 3.24. The van der Waals surface area contributed by atoms with Crippen molar-refractivity contribution in [1.82, 2.24) is 24.6 Å². The van der Waals surface area contributed by atoms with Gasteiger partial charge in [-0.25, -0.2) is 0 Å². The summed E-state index contributed by atoms with van der Waals surface area (Å²) in [7, 11) is 1.92. The number of amides is 1. The molecule has 1 amide bonds. The molecule has 1 saturated heterocycles. The standard InChI is InChI=1S/C25H25N5O/c1-17-12-19(20-14-27-29(2)15-20)13-24(28-17)18-6-5-11-30(16-18)25(31)22-7-3-9-23-21(22)8-4-10-26-23/h3-4,7-10,12-15,18H,5-6,11,16H2,1-2H3/t18-/m0/s1. The first-order valence-corrected chi connectivity index (χ1v) is 10.7. The first-order valence-electron chi connectivity index (χ1n) is 10.7. The van der Waals surface area contributed by atoms with Gasteiger partial charge in [0.2, 0.25) is 0 Å². The minimum Gasteiger partial charge on any atom is -0.338 e. The van der Waals surface area contributed by atoms with Crippen LogP contribution in [0, 0.1) is 6.92 Å². The molecule has 0 saturated carbocycles. The van der Waals surface area contributed by atoms with Crippen molar-refractivity contribution in [3.05, 3.63) is 78.0 Å². The summed E-state index contributed by atoms with van der Waals surface area (Å²) < 4.78 is 1.81. The van der Waals surface area contributed by atoms with Crippen LogP contribution in [0.4, 0.5) is 0 Å². The largest absolute Gasteiger partial charge is 0.338 e. The molecule has 0 radical (unpaired) electrons. The minimum absolute atomic E-state index is 0.0726. The van der Waals surface area contributed by atoms with Gasteiger partial charge in [-0.15, -0.1) is 0 Å². The zero-order valence-corrected chi connectivity index (χ0v) is 17.8. The number of carbonyl (C=O) groups is 1. The summed E-state index contributed by atoms with van der Waals surface area (Å²) in [6.07, 6.45) is 7.66. The lowest BCUT2D eigenvalue weighted by Crippen LogP contribution is -2.39. The zero-order valence-electron chi connectivity index (χ0n) is 17.8. The van der Waals surface area contributed by atoms with Crippen LogP contribution in [0.5, 0.6) is 0 Å². The second-order valence-corrected chi connectivity index (χ2v) is 8.29. The lowest BCUT2D eigenvalue weighted by molar-refractivity contribution is 0.0708. The minimum atomic E-state index is 0.0726. The van der Waals surface area contributed by atoms with Gasteiger partial charge in [0.05, 0.1) is 11.7 Å². The molecule has 1 aromatic carbocycles. The van der Waals surface area contributed by atoms with E-state index in [1.807, 2.05) is 66.3 Å². The quantitative estimate of drug-likeness (QED) is 0.503. The predicted octanol–water partition coefficient (Wildman–Crippen LogP) is 4.36. The molecule has 3 aromatic heterocycles. The number of benzene rings is 1. The Morgan fingerprint density at radius 3 is 2.87 bits per heavy atom. The summed E-state index contributed by atoms with van der Waals surface area (Å²) in [5, 5.41) is 5.20. The van der Waals surface area contributed by atoms with E-state index in [1.54, 1.807) is 6.20 Å². The molecule has 31 heavy (non-hydrogen) atoms. The van der Waals surface area contributed by atoms with Crippen LogP contribution >= 0.6 is 0 Å². The Morgan fingerprint density at radius 2 is 2.03 bits per heavy atom. The van der Waals surface area contributed by atoms with Gasteiger partial charge in [0.1, 0.15) is 0 Å². The monoisotopic (exact) mass is 411 g/mol. The molecular weight excluding hydrogens is 386 g/mol.